The Balaban J connectivity index is 1.87. The number of hydrogen-bond donors (Lipinski definition) is 3. The van der Waals surface area contributed by atoms with Gasteiger partial charge in [0.2, 0.25) is 0 Å². The minimum absolute atomic E-state index is 0.437. The zero-order valence-electron chi connectivity index (χ0n) is 12.8. The van der Waals surface area contributed by atoms with Gasteiger partial charge in [0.05, 0.1) is 10.7 Å². The Kier molecular flexibility index (Phi) is 5.47. The summed E-state index contributed by atoms with van der Waals surface area (Å²) in [5.41, 5.74) is 13.1. The van der Waals surface area contributed by atoms with Crippen LogP contribution < -0.4 is 16.8 Å². The average molecular weight is 311 g/mol. The molecule has 0 radical (unpaired) electrons. The normalized spacial score (nSPS) is 14.6. The fraction of sp³-hybridized carbons (Fsp3) is 0.667. The van der Waals surface area contributed by atoms with Gasteiger partial charge >= 0.3 is 0 Å². The average Bonchev–Trinajstić information content (AvgIpc) is 3.18. The van der Waals surface area contributed by atoms with E-state index in [1.807, 2.05) is 0 Å². The molecule has 5 nitrogen and oxygen atoms in total. The maximum atomic E-state index is 11.4. The fourth-order valence-corrected chi connectivity index (χ4v) is 3.33. The number of ether oxygens (including phenoxy) is 1. The van der Waals surface area contributed by atoms with Crippen LogP contribution in [0.25, 0.3) is 0 Å². The quantitative estimate of drug-likeness (QED) is 0.612. The van der Waals surface area contributed by atoms with Crippen LogP contribution in [0.4, 0.5) is 10.7 Å². The lowest BCUT2D eigenvalue weighted by Crippen LogP contribution is -2.11. The third-order valence-corrected chi connectivity index (χ3v) is 4.59. The van der Waals surface area contributed by atoms with Gasteiger partial charge in [0, 0.05) is 25.3 Å². The third kappa shape index (κ3) is 4.35. The van der Waals surface area contributed by atoms with Crippen LogP contribution in [0.1, 0.15) is 54.3 Å². The number of nitrogens with one attached hydrogen (secondary N) is 1. The first kappa shape index (κ1) is 16.1. The molecule has 1 aliphatic carbocycles. The lowest BCUT2D eigenvalue weighted by molar-refractivity contribution is 0.100. The van der Waals surface area contributed by atoms with Crippen LogP contribution in [-0.4, -0.2) is 25.7 Å². The Morgan fingerprint density at radius 2 is 2.19 bits per heavy atom. The second-order valence-corrected chi connectivity index (χ2v) is 7.00. The van der Waals surface area contributed by atoms with Crippen LogP contribution in [-0.2, 0) is 4.74 Å². The van der Waals surface area contributed by atoms with Gasteiger partial charge in [-0.2, -0.15) is 0 Å². The first-order chi connectivity index (χ1) is 10.0. The number of hydrogen-bond acceptors (Lipinski definition) is 5. The largest absolute Gasteiger partial charge is 0.397 e. The van der Waals surface area contributed by atoms with Gasteiger partial charge in [0.15, 0.2) is 0 Å². The highest BCUT2D eigenvalue weighted by atomic mass is 32.1. The van der Waals surface area contributed by atoms with Crippen LogP contribution in [0.2, 0.25) is 0 Å². The Morgan fingerprint density at radius 1 is 1.48 bits per heavy atom. The summed E-state index contributed by atoms with van der Waals surface area (Å²) in [6.45, 7) is 6.63. The summed E-state index contributed by atoms with van der Waals surface area (Å²) < 4.78 is 5.55. The summed E-state index contributed by atoms with van der Waals surface area (Å²) in [6, 6.07) is 0. The van der Waals surface area contributed by atoms with Gasteiger partial charge in [-0.15, -0.1) is 11.3 Å². The predicted octanol–water partition coefficient (Wildman–Crippen LogP) is 2.78. The maximum absolute atomic E-state index is 11.4. The summed E-state index contributed by atoms with van der Waals surface area (Å²) in [4.78, 5) is 11.9. The molecule has 1 heterocycles. The van der Waals surface area contributed by atoms with Crippen molar-refractivity contribution in [3.05, 3.63) is 10.4 Å². The summed E-state index contributed by atoms with van der Waals surface area (Å²) in [5.74, 6) is 0.622. The Hall–Kier alpha value is -1.27. The first-order valence-corrected chi connectivity index (χ1v) is 8.36. The van der Waals surface area contributed by atoms with E-state index in [2.05, 4.69) is 19.2 Å². The van der Waals surface area contributed by atoms with Gasteiger partial charge in [0.1, 0.15) is 4.88 Å². The molecule has 0 aromatic carbocycles. The standard InChI is InChI=1S/C15H25N3O2S/c1-9(2)8-20-7-3-6-18-15-11(10-4-5-10)12(16)13(21-15)14(17)19/h9-10,18H,3-8,16H2,1-2H3,(H2,17,19). The van der Waals surface area contributed by atoms with Crippen molar-refractivity contribution >= 4 is 27.9 Å². The van der Waals surface area contributed by atoms with Gasteiger partial charge in [-0.25, -0.2) is 0 Å². The molecule has 0 atom stereocenters. The number of amides is 1. The highest BCUT2D eigenvalue weighted by molar-refractivity contribution is 7.18. The van der Waals surface area contributed by atoms with Gasteiger partial charge < -0.3 is 21.5 Å². The summed E-state index contributed by atoms with van der Waals surface area (Å²) in [6.07, 6.45) is 3.22. The molecule has 5 N–H and O–H groups in total. The molecule has 1 amide bonds. The number of carbonyl (C=O) groups excluding carboxylic acids is 1. The van der Waals surface area contributed by atoms with E-state index in [-0.39, 0.29) is 0 Å². The lowest BCUT2D eigenvalue weighted by Gasteiger charge is -2.09. The van der Waals surface area contributed by atoms with Crippen molar-refractivity contribution in [2.45, 2.75) is 39.0 Å². The van der Waals surface area contributed by atoms with E-state index >= 15 is 0 Å². The van der Waals surface area contributed by atoms with Crippen molar-refractivity contribution in [1.29, 1.82) is 0 Å². The van der Waals surface area contributed by atoms with E-state index < -0.39 is 5.91 Å². The topological polar surface area (TPSA) is 90.4 Å². The molecule has 2 rings (SSSR count). The molecule has 1 aliphatic rings. The van der Waals surface area contributed by atoms with Crippen molar-refractivity contribution in [1.82, 2.24) is 0 Å². The monoisotopic (exact) mass is 311 g/mol. The van der Waals surface area contributed by atoms with Crippen molar-refractivity contribution in [3.63, 3.8) is 0 Å². The number of primary amides is 1. The molecule has 0 unspecified atom stereocenters. The van der Waals surface area contributed by atoms with Gasteiger partial charge in [-0.3, -0.25) is 4.79 Å². The van der Waals surface area contributed by atoms with Crippen LogP contribution in [0.3, 0.4) is 0 Å². The van der Waals surface area contributed by atoms with Gasteiger partial charge in [-0.05, 0) is 31.1 Å². The molecule has 0 aliphatic heterocycles. The molecule has 0 spiro atoms. The van der Waals surface area contributed by atoms with Crippen molar-refractivity contribution in [2.75, 3.05) is 30.8 Å². The van der Waals surface area contributed by atoms with E-state index in [0.717, 1.165) is 49.6 Å². The Bertz CT molecular complexity index is 495. The van der Waals surface area contributed by atoms with E-state index in [1.165, 1.54) is 11.3 Å². The molecule has 1 saturated carbocycles. The number of thiophene rings is 1. The molecular weight excluding hydrogens is 286 g/mol. The van der Waals surface area contributed by atoms with Crippen LogP contribution in [0, 0.1) is 5.92 Å². The van der Waals surface area contributed by atoms with Crippen molar-refractivity contribution in [3.8, 4) is 0 Å². The molecule has 0 bridgehead atoms. The molecular formula is C15H25N3O2S. The highest BCUT2D eigenvalue weighted by Gasteiger charge is 2.32. The number of rotatable bonds is 9. The summed E-state index contributed by atoms with van der Waals surface area (Å²) in [7, 11) is 0. The van der Waals surface area contributed by atoms with Crippen LogP contribution in [0.15, 0.2) is 0 Å². The number of carbonyl (C=O) groups is 1. The molecule has 21 heavy (non-hydrogen) atoms. The zero-order chi connectivity index (χ0) is 15.4. The Labute approximate surface area is 130 Å². The number of nitrogens with two attached hydrogens (primary N) is 2. The smallest absolute Gasteiger partial charge is 0.260 e. The second kappa shape index (κ2) is 7.13. The second-order valence-electron chi connectivity index (χ2n) is 5.98. The van der Waals surface area contributed by atoms with Gasteiger partial charge in [0.25, 0.3) is 5.91 Å². The Morgan fingerprint density at radius 3 is 2.76 bits per heavy atom. The molecule has 1 fully saturated rings. The molecule has 6 heteroatoms. The maximum Gasteiger partial charge on any atom is 0.260 e. The van der Waals surface area contributed by atoms with Crippen molar-refractivity contribution in [2.24, 2.45) is 11.7 Å². The van der Waals surface area contributed by atoms with Crippen molar-refractivity contribution < 1.29 is 9.53 Å². The predicted molar refractivity (Wildman–Crippen MR) is 88.0 cm³/mol. The SMILES string of the molecule is CC(C)COCCCNc1sc(C(N)=O)c(N)c1C1CC1. The molecule has 1 aromatic heterocycles. The van der Waals surface area contributed by atoms with E-state index in [9.17, 15) is 4.79 Å². The number of anilines is 2. The van der Waals surface area contributed by atoms with Crippen LogP contribution >= 0.6 is 11.3 Å². The minimum Gasteiger partial charge on any atom is -0.397 e. The molecule has 118 valence electrons. The molecule has 1 aromatic rings. The molecule has 0 saturated heterocycles. The number of nitrogen functional groups attached to an aromatic ring is 1. The fourth-order valence-electron chi connectivity index (χ4n) is 2.24. The first-order valence-electron chi connectivity index (χ1n) is 7.54. The van der Waals surface area contributed by atoms with E-state index in [0.29, 0.717) is 22.4 Å². The summed E-state index contributed by atoms with van der Waals surface area (Å²) in [5, 5.41) is 4.40. The highest BCUT2D eigenvalue weighted by Crippen LogP contribution is 2.50. The third-order valence-electron chi connectivity index (χ3n) is 3.40. The zero-order valence-corrected chi connectivity index (χ0v) is 13.6. The van der Waals surface area contributed by atoms with E-state index in [1.54, 1.807) is 0 Å². The van der Waals surface area contributed by atoms with E-state index in [4.69, 9.17) is 16.2 Å². The van der Waals surface area contributed by atoms with Gasteiger partial charge in [-0.1, -0.05) is 13.8 Å². The van der Waals surface area contributed by atoms with Crippen LogP contribution in [0.5, 0.6) is 0 Å². The summed E-state index contributed by atoms with van der Waals surface area (Å²) >= 11 is 1.38. The lowest BCUT2D eigenvalue weighted by atomic mass is 10.1. The minimum atomic E-state index is -0.437.